The van der Waals surface area contributed by atoms with Crippen molar-refractivity contribution in [2.24, 2.45) is 0 Å². The van der Waals surface area contributed by atoms with Crippen LogP contribution in [0.4, 0.5) is 52.7 Å². The van der Waals surface area contributed by atoms with Gasteiger partial charge in [-0.1, -0.05) is 97.4 Å². The molecule has 0 amide bonds. The summed E-state index contributed by atoms with van der Waals surface area (Å²) >= 11 is 0. The fraction of sp³-hybridized carbons (Fsp3) is 0.130. The molecule has 7 rings (SSSR count). The molecule has 7 aromatic carbocycles. The van der Waals surface area contributed by atoms with Gasteiger partial charge in [-0.2, -0.15) is 64.8 Å². The molecule has 15 heteroatoms. The van der Waals surface area contributed by atoms with Gasteiger partial charge in [0, 0.05) is 17.1 Å². The van der Waals surface area contributed by atoms with Gasteiger partial charge in [-0.3, -0.25) is 0 Å². The van der Waals surface area contributed by atoms with E-state index in [0.717, 1.165) is 15.9 Å². The first-order chi connectivity index (χ1) is 28.2. The summed E-state index contributed by atoms with van der Waals surface area (Å²) in [5, 5.41) is 1.32. The predicted molar refractivity (Wildman–Crippen MR) is 216 cm³/mol. The van der Waals surface area contributed by atoms with Crippen LogP contribution in [0.2, 0.25) is 0 Å². The molecule has 0 heterocycles. The Morgan fingerprint density at radius 1 is 0.443 bits per heavy atom. The van der Waals surface area contributed by atoms with Crippen LogP contribution in [-0.4, -0.2) is 0 Å². The van der Waals surface area contributed by atoms with Crippen molar-refractivity contribution in [3.05, 3.63) is 198 Å². The predicted octanol–water partition coefficient (Wildman–Crippen LogP) is 13.5. The largest absolute Gasteiger partial charge is 0.748 e. The first kappa shape index (κ1) is 47.4. The van der Waals surface area contributed by atoms with E-state index < -0.39 is 79.1 Å². The van der Waals surface area contributed by atoms with Crippen LogP contribution in [0.25, 0.3) is 11.1 Å². The second-order valence-electron chi connectivity index (χ2n) is 13.5. The fourth-order valence-corrected chi connectivity index (χ4v) is 12.0. The fourth-order valence-electron chi connectivity index (χ4n) is 6.73. The van der Waals surface area contributed by atoms with E-state index in [0.29, 0.717) is 41.0 Å². The molecular formula is C46H32F12FeP2-6. The number of hydrogen-bond donors (Lipinski definition) is 0. The number of halogens is 12. The molecule has 0 spiro atoms. The van der Waals surface area contributed by atoms with Crippen molar-refractivity contribution in [2.45, 2.75) is 37.3 Å². The molecular weight excluding hydrogens is 898 g/mol. The Morgan fingerprint density at radius 2 is 0.803 bits per heavy atom. The number of hydrogen-bond acceptors (Lipinski definition) is 0. The maximum absolute atomic E-state index is 14.1. The van der Waals surface area contributed by atoms with Crippen LogP contribution in [-0.2, 0) is 41.8 Å². The Kier molecular flexibility index (Phi) is 14.9. The maximum atomic E-state index is 14.1. The molecule has 324 valence electrons. The molecule has 0 fully saturated rings. The SMILES string of the molecule is CC([c-]1cccc1-c1ccccc1P(c1ccccc1)c1ccccc1)P(c1cc(C(F)(F)F)cc(C(F)(F)F)c1)c1cc(C(F)(F)F)cc(C(F)(F)F)c1.[Fe].[cH-]1[cH-][cH-][cH-][cH-]1. The average Bonchev–Trinajstić information content (AvgIpc) is 3.95. The molecule has 61 heavy (non-hydrogen) atoms. The van der Waals surface area contributed by atoms with E-state index in [9.17, 15) is 52.7 Å². The molecule has 0 N–H and O–H groups in total. The summed E-state index contributed by atoms with van der Waals surface area (Å²) in [5.74, 6) is 0. The molecule has 0 radical (unpaired) electrons. The molecule has 0 aliphatic rings. The van der Waals surface area contributed by atoms with E-state index >= 15 is 0 Å². The maximum Gasteiger partial charge on any atom is 0.416 e. The van der Waals surface area contributed by atoms with Crippen LogP contribution < -0.4 is 26.5 Å². The topological polar surface area (TPSA) is 0 Å². The second kappa shape index (κ2) is 19.2. The molecule has 0 saturated carbocycles. The average molecular weight is 931 g/mol. The monoisotopic (exact) mass is 930 g/mol. The third-order valence-corrected chi connectivity index (χ3v) is 14.6. The van der Waals surface area contributed by atoms with Gasteiger partial charge < -0.3 is 30.3 Å². The minimum atomic E-state index is -5.33. The van der Waals surface area contributed by atoms with Gasteiger partial charge in [-0.05, 0) is 84.4 Å². The molecule has 0 aliphatic carbocycles. The van der Waals surface area contributed by atoms with E-state index in [1.807, 2.05) is 103 Å². The molecule has 0 bridgehead atoms. The molecule has 0 aromatic heterocycles. The Bertz CT molecular complexity index is 2270. The molecule has 1 atom stereocenters. The third kappa shape index (κ3) is 11.4. The number of benzene rings is 5. The van der Waals surface area contributed by atoms with Crippen LogP contribution in [0.1, 0.15) is 40.4 Å². The van der Waals surface area contributed by atoms with Crippen molar-refractivity contribution in [2.75, 3.05) is 0 Å². The number of rotatable bonds is 8. The summed E-state index contributed by atoms with van der Waals surface area (Å²) in [6.45, 7) is 1.39. The smallest absolute Gasteiger partial charge is 0.416 e. The zero-order valence-corrected chi connectivity index (χ0v) is 34.4. The Balaban J connectivity index is 0.00000109. The Morgan fingerprint density at radius 3 is 1.18 bits per heavy atom. The third-order valence-electron chi connectivity index (χ3n) is 9.41. The van der Waals surface area contributed by atoms with Gasteiger partial charge in [0.25, 0.3) is 0 Å². The minimum absolute atomic E-state index is 0. The summed E-state index contributed by atoms with van der Waals surface area (Å²) in [6, 6.07) is 42.2. The minimum Gasteiger partial charge on any atom is -0.748 e. The Labute approximate surface area is 357 Å². The van der Waals surface area contributed by atoms with Crippen molar-refractivity contribution in [3.63, 3.8) is 0 Å². The van der Waals surface area contributed by atoms with Crippen LogP contribution >= 0.6 is 15.8 Å². The van der Waals surface area contributed by atoms with E-state index in [1.165, 1.54) is 13.0 Å². The first-order valence-corrected chi connectivity index (χ1v) is 20.8. The van der Waals surface area contributed by atoms with E-state index in [-0.39, 0.29) is 29.2 Å². The normalized spacial score (nSPS) is 12.8. The van der Waals surface area contributed by atoms with Crippen LogP contribution in [0.5, 0.6) is 0 Å². The van der Waals surface area contributed by atoms with Gasteiger partial charge in [0.05, 0.1) is 22.3 Å². The first-order valence-electron chi connectivity index (χ1n) is 18.0. The Hall–Kier alpha value is -4.66. The van der Waals surface area contributed by atoms with Gasteiger partial charge in [0.1, 0.15) is 0 Å². The quantitative estimate of drug-likeness (QED) is 0.0616. The van der Waals surface area contributed by atoms with Crippen LogP contribution in [0, 0.1) is 0 Å². The van der Waals surface area contributed by atoms with Crippen molar-refractivity contribution in [1.82, 2.24) is 0 Å². The number of alkyl halides is 12. The van der Waals surface area contributed by atoms with E-state index in [2.05, 4.69) is 0 Å². The summed E-state index contributed by atoms with van der Waals surface area (Å²) in [7, 11) is -4.10. The van der Waals surface area contributed by atoms with Crippen molar-refractivity contribution >= 4 is 42.4 Å². The summed E-state index contributed by atoms with van der Waals surface area (Å²) < 4.78 is 170. The standard InChI is InChI=1S/C41H27F12P2.C5H5.Fe/c1-25(34-16-10-17-35(34)36-15-8-9-18-37(36)55(30-11-4-2-5-12-30)31-13-6-3-7-14-31)54(32-21-26(38(42,43)44)19-27(22-32)39(45,46)47)33-23-28(40(48,49)50)20-29(24-33)41(51,52)53;1-2-4-5-3-1;/h2-25H,1H3;1-5H;/q-1;-5;. The summed E-state index contributed by atoms with van der Waals surface area (Å²) in [6.07, 6.45) is -21.3. The molecule has 7 aromatic rings. The van der Waals surface area contributed by atoms with Gasteiger partial charge in [0.2, 0.25) is 0 Å². The van der Waals surface area contributed by atoms with Gasteiger partial charge >= 0.3 is 24.7 Å². The van der Waals surface area contributed by atoms with Crippen molar-refractivity contribution in [3.8, 4) is 11.1 Å². The summed E-state index contributed by atoms with van der Waals surface area (Å²) in [4.78, 5) is 0. The van der Waals surface area contributed by atoms with Gasteiger partial charge in [0.15, 0.2) is 0 Å². The molecule has 1 unspecified atom stereocenters. The summed E-state index contributed by atoms with van der Waals surface area (Å²) in [5.41, 5.74) is -6.78. The van der Waals surface area contributed by atoms with E-state index in [4.69, 9.17) is 0 Å². The van der Waals surface area contributed by atoms with Gasteiger partial charge in [-0.15, -0.1) is 17.2 Å². The zero-order chi connectivity index (χ0) is 43.5. The van der Waals surface area contributed by atoms with Gasteiger partial charge in [-0.25, -0.2) is 0 Å². The molecule has 0 aliphatic heterocycles. The van der Waals surface area contributed by atoms with Crippen LogP contribution in [0.3, 0.4) is 0 Å². The molecule has 0 saturated heterocycles. The van der Waals surface area contributed by atoms with Crippen molar-refractivity contribution in [1.29, 1.82) is 0 Å². The zero-order valence-electron chi connectivity index (χ0n) is 31.5. The van der Waals surface area contributed by atoms with Crippen LogP contribution in [0.15, 0.2) is 170 Å². The second-order valence-corrected chi connectivity index (χ2v) is 18.2. The molecule has 0 nitrogen and oxygen atoms in total. The van der Waals surface area contributed by atoms with E-state index in [1.54, 1.807) is 24.3 Å². The van der Waals surface area contributed by atoms with Crippen molar-refractivity contribution < 1.29 is 69.8 Å².